The molecule has 0 unspecified atom stereocenters. The first-order valence-corrected chi connectivity index (χ1v) is 4.72. The summed E-state index contributed by atoms with van der Waals surface area (Å²) in [5.74, 6) is 1.16. The fraction of sp³-hybridized carbons (Fsp3) is 0.667. The Morgan fingerprint density at radius 1 is 1.47 bits per heavy atom. The second-order valence-electron chi connectivity index (χ2n) is 3.12. The predicted molar refractivity (Wildman–Crippen MR) is 48.3 cm³/mol. The molecule has 86 valence electrons. The van der Waals surface area contributed by atoms with E-state index < -0.39 is 12.6 Å². The summed E-state index contributed by atoms with van der Waals surface area (Å²) in [6, 6.07) is 0. The molecule has 1 heterocycles. The lowest BCUT2D eigenvalue weighted by molar-refractivity contribution is -0.133. The maximum atomic E-state index is 11.8. The maximum absolute atomic E-state index is 11.8. The van der Waals surface area contributed by atoms with Crippen LogP contribution in [0, 0.1) is 0 Å². The SMILES string of the molecule is CCc1cnc(CNCCC(F)(F)F)o1. The van der Waals surface area contributed by atoms with Crippen LogP contribution in [0.2, 0.25) is 0 Å². The molecule has 15 heavy (non-hydrogen) atoms. The van der Waals surface area contributed by atoms with Crippen molar-refractivity contribution in [2.24, 2.45) is 0 Å². The first-order valence-electron chi connectivity index (χ1n) is 4.72. The number of alkyl halides is 3. The zero-order valence-corrected chi connectivity index (χ0v) is 8.40. The molecule has 0 bridgehead atoms. The van der Waals surface area contributed by atoms with E-state index in [4.69, 9.17) is 4.42 Å². The highest BCUT2D eigenvalue weighted by Gasteiger charge is 2.25. The van der Waals surface area contributed by atoms with Crippen LogP contribution in [-0.4, -0.2) is 17.7 Å². The van der Waals surface area contributed by atoms with Crippen LogP contribution in [0.1, 0.15) is 25.0 Å². The van der Waals surface area contributed by atoms with Gasteiger partial charge in [0.1, 0.15) is 5.76 Å². The zero-order chi connectivity index (χ0) is 11.3. The van der Waals surface area contributed by atoms with Crippen molar-refractivity contribution >= 4 is 0 Å². The van der Waals surface area contributed by atoms with Gasteiger partial charge in [-0.1, -0.05) is 6.92 Å². The molecule has 0 amide bonds. The van der Waals surface area contributed by atoms with E-state index in [1.165, 1.54) is 0 Å². The Labute approximate surface area is 85.7 Å². The van der Waals surface area contributed by atoms with Crippen molar-refractivity contribution in [3.63, 3.8) is 0 Å². The van der Waals surface area contributed by atoms with Gasteiger partial charge in [0.2, 0.25) is 5.89 Å². The fourth-order valence-corrected chi connectivity index (χ4v) is 1.02. The second kappa shape index (κ2) is 5.16. The number of aryl methyl sites for hydroxylation is 1. The van der Waals surface area contributed by atoms with Gasteiger partial charge in [0.05, 0.1) is 19.2 Å². The predicted octanol–water partition coefficient (Wildman–Crippen LogP) is 2.28. The molecule has 1 rings (SSSR count). The Morgan fingerprint density at radius 2 is 2.20 bits per heavy atom. The summed E-state index contributed by atoms with van der Waals surface area (Å²) in [4.78, 5) is 3.91. The Bertz CT molecular complexity index is 296. The van der Waals surface area contributed by atoms with Gasteiger partial charge in [-0.05, 0) is 0 Å². The molecule has 0 atom stereocenters. The molecule has 0 aliphatic heterocycles. The quantitative estimate of drug-likeness (QED) is 0.777. The van der Waals surface area contributed by atoms with E-state index in [0.717, 1.165) is 12.2 Å². The van der Waals surface area contributed by atoms with Crippen molar-refractivity contribution in [3.05, 3.63) is 17.8 Å². The minimum atomic E-state index is -4.11. The van der Waals surface area contributed by atoms with Crippen molar-refractivity contribution in [2.75, 3.05) is 6.54 Å². The highest BCUT2D eigenvalue weighted by atomic mass is 19.4. The lowest BCUT2D eigenvalue weighted by Crippen LogP contribution is -2.21. The van der Waals surface area contributed by atoms with Crippen LogP contribution in [0.5, 0.6) is 0 Å². The van der Waals surface area contributed by atoms with Gasteiger partial charge in [0, 0.05) is 13.0 Å². The van der Waals surface area contributed by atoms with Gasteiger partial charge < -0.3 is 9.73 Å². The summed E-state index contributed by atoms with van der Waals surface area (Å²) in [6.45, 7) is 2.03. The number of hydrogen-bond acceptors (Lipinski definition) is 3. The Kier molecular flexibility index (Phi) is 4.14. The summed E-state index contributed by atoms with van der Waals surface area (Å²) >= 11 is 0. The van der Waals surface area contributed by atoms with E-state index in [1.807, 2.05) is 6.92 Å². The number of nitrogens with zero attached hydrogens (tertiary/aromatic N) is 1. The molecule has 0 fully saturated rings. The molecule has 0 aromatic carbocycles. The van der Waals surface area contributed by atoms with Gasteiger partial charge in [-0.2, -0.15) is 13.2 Å². The van der Waals surface area contributed by atoms with Crippen LogP contribution in [0.3, 0.4) is 0 Å². The van der Waals surface area contributed by atoms with Gasteiger partial charge in [-0.25, -0.2) is 4.98 Å². The molecule has 1 aromatic heterocycles. The second-order valence-corrected chi connectivity index (χ2v) is 3.12. The lowest BCUT2D eigenvalue weighted by atomic mass is 10.4. The van der Waals surface area contributed by atoms with E-state index in [1.54, 1.807) is 6.20 Å². The van der Waals surface area contributed by atoms with Crippen LogP contribution in [-0.2, 0) is 13.0 Å². The Balaban J connectivity index is 2.20. The third-order valence-corrected chi connectivity index (χ3v) is 1.81. The number of halogens is 3. The van der Waals surface area contributed by atoms with Crippen LogP contribution in [0.15, 0.2) is 10.6 Å². The fourth-order valence-electron chi connectivity index (χ4n) is 1.02. The molecule has 6 heteroatoms. The molecule has 0 radical (unpaired) electrons. The van der Waals surface area contributed by atoms with E-state index in [-0.39, 0.29) is 13.1 Å². The Hall–Kier alpha value is -1.04. The molecule has 0 aliphatic rings. The number of rotatable bonds is 5. The van der Waals surface area contributed by atoms with Crippen LogP contribution in [0.25, 0.3) is 0 Å². The first kappa shape index (κ1) is 12.0. The van der Waals surface area contributed by atoms with Crippen LogP contribution in [0.4, 0.5) is 13.2 Å². The Morgan fingerprint density at radius 3 is 2.73 bits per heavy atom. The van der Waals surface area contributed by atoms with Gasteiger partial charge in [0.15, 0.2) is 0 Å². The van der Waals surface area contributed by atoms with E-state index >= 15 is 0 Å². The smallest absolute Gasteiger partial charge is 0.390 e. The third kappa shape index (κ3) is 4.83. The number of oxazole rings is 1. The summed E-state index contributed by atoms with van der Waals surface area (Å²) < 4.78 is 40.5. The summed E-state index contributed by atoms with van der Waals surface area (Å²) in [5, 5.41) is 2.62. The van der Waals surface area contributed by atoms with Crippen LogP contribution >= 0.6 is 0 Å². The molecule has 1 aromatic rings. The number of aromatic nitrogens is 1. The van der Waals surface area contributed by atoms with Crippen LogP contribution < -0.4 is 5.32 Å². The van der Waals surface area contributed by atoms with Gasteiger partial charge >= 0.3 is 6.18 Å². The monoisotopic (exact) mass is 222 g/mol. The van der Waals surface area contributed by atoms with Gasteiger partial charge in [0.25, 0.3) is 0 Å². The molecule has 0 spiro atoms. The minimum Gasteiger partial charge on any atom is -0.444 e. The third-order valence-electron chi connectivity index (χ3n) is 1.81. The van der Waals surface area contributed by atoms with Gasteiger partial charge in [-0.15, -0.1) is 0 Å². The van der Waals surface area contributed by atoms with E-state index in [0.29, 0.717) is 5.89 Å². The molecule has 1 N–H and O–H groups in total. The highest BCUT2D eigenvalue weighted by molar-refractivity contribution is 4.93. The largest absolute Gasteiger partial charge is 0.444 e. The normalized spacial score (nSPS) is 12.0. The summed E-state index contributed by atoms with van der Waals surface area (Å²) in [5.41, 5.74) is 0. The number of nitrogens with one attached hydrogen (secondary N) is 1. The van der Waals surface area contributed by atoms with Crippen molar-refractivity contribution in [1.82, 2.24) is 10.3 Å². The topological polar surface area (TPSA) is 38.1 Å². The lowest BCUT2D eigenvalue weighted by Gasteiger charge is -2.05. The summed E-state index contributed by atoms with van der Waals surface area (Å²) in [7, 11) is 0. The highest BCUT2D eigenvalue weighted by Crippen LogP contribution is 2.18. The van der Waals surface area contributed by atoms with Crippen molar-refractivity contribution < 1.29 is 17.6 Å². The standard InChI is InChI=1S/C9H13F3N2O/c1-2-7-5-14-8(15-7)6-13-4-3-9(10,11)12/h5,13H,2-4,6H2,1H3. The minimum absolute atomic E-state index is 0.118. The molecule has 3 nitrogen and oxygen atoms in total. The van der Waals surface area contributed by atoms with E-state index in [9.17, 15) is 13.2 Å². The average molecular weight is 222 g/mol. The summed E-state index contributed by atoms with van der Waals surface area (Å²) in [6.07, 6.45) is -2.64. The average Bonchev–Trinajstić information content (AvgIpc) is 2.59. The zero-order valence-electron chi connectivity index (χ0n) is 8.40. The molecule has 0 saturated heterocycles. The molecule has 0 aliphatic carbocycles. The van der Waals surface area contributed by atoms with Crippen molar-refractivity contribution in [1.29, 1.82) is 0 Å². The maximum Gasteiger partial charge on any atom is 0.390 e. The van der Waals surface area contributed by atoms with E-state index in [2.05, 4.69) is 10.3 Å². The molecular formula is C9H13F3N2O. The van der Waals surface area contributed by atoms with Crippen molar-refractivity contribution in [2.45, 2.75) is 32.5 Å². The first-order chi connectivity index (χ1) is 7.01. The van der Waals surface area contributed by atoms with Crippen molar-refractivity contribution in [3.8, 4) is 0 Å². The molecule has 0 saturated carbocycles. The number of hydrogen-bond donors (Lipinski definition) is 1. The van der Waals surface area contributed by atoms with Gasteiger partial charge in [-0.3, -0.25) is 0 Å². The molecular weight excluding hydrogens is 209 g/mol.